The number of piperidine rings is 1. The molecular formula is C13H18N6O. The van der Waals surface area contributed by atoms with Crippen molar-refractivity contribution in [1.29, 1.82) is 0 Å². The Balaban J connectivity index is 1.80. The van der Waals surface area contributed by atoms with Crippen LogP contribution in [-0.2, 0) is 0 Å². The van der Waals surface area contributed by atoms with Gasteiger partial charge in [-0.1, -0.05) is 0 Å². The second-order valence-electron chi connectivity index (χ2n) is 5.20. The summed E-state index contributed by atoms with van der Waals surface area (Å²) in [5.41, 5.74) is 0.897. The van der Waals surface area contributed by atoms with E-state index < -0.39 is 0 Å². The first-order valence-electron chi connectivity index (χ1n) is 6.88. The fourth-order valence-electron chi connectivity index (χ4n) is 2.48. The maximum Gasteiger partial charge on any atom is 0.291 e. The Kier molecular flexibility index (Phi) is 3.35. The van der Waals surface area contributed by atoms with Gasteiger partial charge in [-0.2, -0.15) is 4.98 Å². The van der Waals surface area contributed by atoms with Crippen molar-refractivity contribution < 1.29 is 4.79 Å². The Hall–Kier alpha value is -2.02. The first-order valence-corrected chi connectivity index (χ1v) is 6.88. The van der Waals surface area contributed by atoms with Crippen LogP contribution in [0.5, 0.6) is 0 Å². The van der Waals surface area contributed by atoms with Crippen LogP contribution < -0.4 is 10.6 Å². The van der Waals surface area contributed by atoms with Gasteiger partial charge in [0.15, 0.2) is 0 Å². The van der Waals surface area contributed by atoms with Crippen molar-refractivity contribution in [2.24, 2.45) is 0 Å². The maximum atomic E-state index is 12.2. The Morgan fingerprint density at radius 1 is 1.55 bits per heavy atom. The molecule has 2 N–H and O–H groups in total. The highest BCUT2D eigenvalue weighted by Gasteiger charge is 2.24. The van der Waals surface area contributed by atoms with Gasteiger partial charge in [0.2, 0.25) is 5.82 Å². The minimum absolute atomic E-state index is 0.122. The number of rotatable bonds is 2. The third kappa shape index (κ3) is 2.36. The monoisotopic (exact) mass is 274 g/mol. The summed E-state index contributed by atoms with van der Waals surface area (Å²) in [6, 6.07) is 2.22. The van der Waals surface area contributed by atoms with Crippen molar-refractivity contribution in [2.75, 3.05) is 6.54 Å². The van der Waals surface area contributed by atoms with Gasteiger partial charge in [-0.05, 0) is 39.3 Å². The van der Waals surface area contributed by atoms with Gasteiger partial charge in [-0.25, -0.2) is 9.50 Å². The quantitative estimate of drug-likeness (QED) is 0.823. The van der Waals surface area contributed by atoms with Crippen LogP contribution >= 0.6 is 0 Å². The average molecular weight is 274 g/mol. The first-order chi connectivity index (χ1) is 9.65. The number of fused-ring (bicyclic) bond motifs is 1. The summed E-state index contributed by atoms with van der Waals surface area (Å²) in [4.78, 5) is 20.5. The second-order valence-corrected chi connectivity index (χ2v) is 5.20. The summed E-state index contributed by atoms with van der Waals surface area (Å²) in [5, 5.41) is 10.6. The highest BCUT2D eigenvalue weighted by atomic mass is 16.2. The molecule has 1 fully saturated rings. The van der Waals surface area contributed by atoms with Crippen molar-refractivity contribution in [2.45, 2.75) is 38.8 Å². The Morgan fingerprint density at radius 3 is 3.15 bits per heavy atom. The Labute approximate surface area is 116 Å². The summed E-state index contributed by atoms with van der Waals surface area (Å²) < 4.78 is 1.58. The van der Waals surface area contributed by atoms with Gasteiger partial charge in [-0.3, -0.25) is 4.79 Å². The third-order valence-electron chi connectivity index (χ3n) is 3.71. The number of aromatic nitrogens is 4. The SMILES string of the molecule is Cc1ccnc2nc(C(=O)NC3CCCNC3C)nn12. The molecule has 7 heteroatoms. The van der Waals surface area contributed by atoms with Gasteiger partial charge < -0.3 is 10.6 Å². The lowest BCUT2D eigenvalue weighted by Crippen LogP contribution is -2.52. The molecule has 0 radical (unpaired) electrons. The molecule has 0 aliphatic carbocycles. The van der Waals surface area contributed by atoms with E-state index in [0.717, 1.165) is 25.1 Å². The van der Waals surface area contributed by atoms with Crippen LogP contribution in [0.2, 0.25) is 0 Å². The van der Waals surface area contributed by atoms with Gasteiger partial charge in [0.25, 0.3) is 11.7 Å². The van der Waals surface area contributed by atoms with Crippen LogP contribution in [0, 0.1) is 6.92 Å². The molecule has 0 spiro atoms. The number of nitrogens with one attached hydrogen (secondary N) is 2. The summed E-state index contributed by atoms with van der Waals surface area (Å²) >= 11 is 0. The molecule has 1 saturated heterocycles. The lowest BCUT2D eigenvalue weighted by molar-refractivity contribution is 0.0909. The van der Waals surface area contributed by atoms with Crippen molar-refractivity contribution >= 4 is 11.7 Å². The fraction of sp³-hybridized carbons (Fsp3) is 0.538. The lowest BCUT2D eigenvalue weighted by atomic mass is 10.00. The first kappa shape index (κ1) is 13.0. The molecule has 0 saturated carbocycles. The molecule has 2 aromatic rings. The summed E-state index contributed by atoms with van der Waals surface area (Å²) in [7, 11) is 0. The smallest absolute Gasteiger partial charge is 0.291 e. The molecule has 106 valence electrons. The van der Waals surface area contributed by atoms with Gasteiger partial charge in [0.05, 0.1) is 0 Å². The zero-order valence-corrected chi connectivity index (χ0v) is 11.6. The number of carbonyl (C=O) groups excluding carboxylic acids is 1. The van der Waals surface area contributed by atoms with Crippen LogP contribution in [0.3, 0.4) is 0 Å². The molecule has 2 aromatic heterocycles. The zero-order chi connectivity index (χ0) is 14.1. The third-order valence-corrected chi connectivity index (χ3v) is 3.71. The minimum atomic E-state index is -0.240. The molecule has 1 amide bonds. The zero-order valence-electron chi connectivity index (χ0n) is 11.6. The molecule has 2 atom stereocenters. The van der Waals surface area contributed by atoms with E-state index in [-0.39, 0.29) is 23.8 Å². The van der Waals surface area contributed by atoms with Crippen LogP contribution in [0.4, 0.5) is 0 Å². The largest absolute Gasteiger partial charge is 0.345 e. The molecule has 0 bridgehead atoms. The highest BCUT2D eigenvalue weighted by Crippen LogP contribution is 2.09. The summed E-state index contributed by atoms with van der Waals surface area (Å²) in [5.74, 6) is 0.380. The number of hydrogen-bond acceptors (Lipinski definition) is 5. The predicted octanol–water partition coefficient (Wildman–Crippen LogP) is 0.303. The second kappa shape index (κ2) is 5.16. The number of hydrogen-bond donors (Lipinski definition) is 2. The fourth-order valence-corrected chi connectivity index (χ4v) is 2.48. The van der Waals surface area contributed by atoms with Crippen LogP contribution in [-0.4, -0.2) is 44.1 Å². The van der Waals surface area contributed by atoms with E-state index in [4.69, 9.17) is 0 Å². The minimum Gasteiger partial charge on any atom is -0.345 e. The van der Waals surface area contributed by atoms with Gasteiger partial charge in [0, 0.05) is 24.0 Å². The lowest BCUT2D eigenvalue weighted by Gasteiger charge is -2.30. The molecular weight excluding hydrogens is 256 g/mol. The molecule has 1 aliphatic heterocycles. The highest BCUT2D eigenvalue weighted by molar-refractivity contribution is 5.91. The van der Waals surface area contributed by atoms with Crippen molar-refractivity contribution in [1.82, 2.24) is 30.2 Å². The number of carbonyl (C=O) groups is 1. The van der Waals surface area contributed by atoms with E-state index in [2.05, 4.69) is 32.6 Å². The van der Waals surface area contributed by atoms with Crippen LogP contribution in [0.1, 0.15) is 36.1 Å². The van der Waals surface area contributed by atoms with Gasteiger partial charge in [0.1, 0.15) is 0 Å². The number of nitrogens with zero attached hydrogens (tertiary/aromatic N) is 4. The van der Waals surface area contributed by atoms with E-state index in [9.17, 15) is 4.79 Å². The molecule has 3 rings (SSSR count). The summed E-state index contributed by atoms with van der Waals surface area (Å²) in [6.07, 6.45) is 3.70. The van der Waals surface area contributed by atoms with E-state index in [1.54, 1.807) is 10.7 Å². The van der Waals surface area contributed by atoms with Gasteiger partial charge >= 0.3 is 0 Å². The Morgan fingerprint density at radius 2 is 2.40 bits per heavy atom. The maximum absolute atomic E-state index is 12.2. The molecule has 0 aromatic carbocycles. The molecule has 7 nitrogen and oxygen atoms in total. The summed E-state index contributed by atoms with van der Waals surface area (Å²) in [6.45, 7) is 4.98. The molecule has 3 heterocycles. The number of amides is 1. The van der Waals surface area contributed by atoms with E-state index in [1.165, 1.54) is 0 Å². The molecule has 2 unspecified atom stereocenters. The normalized spacial score (nSPS) is 22.9. The molecule has 20 heavy (non-hydrogen) atoms. The van der Waals surface area contributed by atoms with Gasteiger partial charge in [-0.15, -0.1) is 5.10 Å². The topological polar surface area (TPSA) is 84.2 Å². The van der Waals surface area contributed by atoms with E-state index in [0.29, 0.717) is 5.78 Å². The average Bonchev–Trinajstić information content (AvgIpc) is 2.87. The number of aryl methyl sites for hydroxylation is 1. The van der Waals surface area contributed by atoms with Crippen molar-refractivity contribution in [3.63, 3.8) is 0 Å². The van der Waals surface area contributed by atoms with E-state index >= 15 is 0 Å². The van der Waals surface area contributed by atoms with Crippen molar-refractivity contribution in [3.8, 4) is 0 Å². The standard InChI is InChI=1S/C13H18N6O/c1-8-5-7-15-13-17-11(18-19(8)13)12(20)16-10-4-3-6-14-9(10)2/h5,7,9-10,14H,3-4,6H2,1-2H3,(H,16,20). The van der Waals surface area contributed by atoms with Crippen LogP contribution in [0.25, 0.3) is 5.78 Å². The predicted molar refractivity (Wildman–Crippen MR) is 73.5 cm³/mol. The Bertz CT molecular complexity index is 637. The van der Waals surface area contributed by atoms with Crippen molar-refractivity contribution in [3.05, 3.63) is 23.8 Å². The van der Waals surface area contributed by atoms with E-state index in [1.807, 2.05) is 13.0 Å². The van der Waals surface area contributed by atoms with Crippen LogP contribution in [0.15, 0.2) is 12.3 Å². The molecule has 1 aliphatic rings.